The Kier molecular flexibility index (Phi) is 5.14. The highest BCUT2D eigenvalue weighted by Crippen LogP contribution is 2.42. The van der Waals surface area contributed by atoms with Gasteiger partial charge in [0, 0.05) is 31.2 Å². The number of benzene rings is 1. The van der Waals surface area contributed by atoms with E-state index in [1.165, 1.54) is 0 Å². The first-order valence-corrected chi connectivity index (χ1v) is 6.98. The van der Waals surface area contributed by atoms with E-state index in [0.717, 1.165) is 6.42 Å². The van der Waals surface area contributed by atoms with Crippen LogP contribution in [0.1, 0.15) is 13.3 Å². The fourth-order valence-corrected chi connectivity index (χ4v) is 2.45. The predicted molar refractivity (Wildman–Crippen MR) is 78.5 cm³/mol. The van der Waals surface area contributed by atoms with Crippen LogP contribution in [0.15, 0.2) is 12.1 Å². The molecule has 6 nitrogen and oxygen atoms in total. The summed E-state index contributed by atoms with van der Waals surface area (Å²) in [5, 5.41) is 0. The molecule has 2 N–H and O–H groups in total. The lowest BCUT2D eigenvalue weighted by Crippen LogP contribution is -2.59. The Morgan fingerprint density at radius 1 is 1.10 bits per heavy atom. The van der Waals surface area contributed by atoms with Gasteiger partial charge in [0.15, 0.2) is 11.5 Å². The van der Waals surface area contributed by atoms with Crippen molar-refractivity contribution in [1.82, 2.24) is 0 Å². The maximum absolute atomic E-state index is 5.95. The molecule has 21 heavy (non-hydrogen) atoms. The van der Waals surface area contributed by atoms with Crippen molar-refractivity contribution in [1.29, 1.82) is 0 Å². The van der Waals surface area contributed by atoms with Gasteiger partial charge < -0.3 is 29.4 Å². The molecule has 0 bridgehead atoms. The van der Waals surface area contributed by atoms with Crippen molar-refractivity contribution in [2.24, 2.45) is 5.73 Å². The topological polar surface area (TPSA) is 72.2 Å². The van der Waals surface area contributed by atoms with Gasteiger partial charge in [0.1, 0.15) is 18.0 Å². The number of rotatable bonds is 7. The molecule has 0 radical (unpaired) electrons. The Morgan fingerprint density at radius 2 is 1.71 bits per heavy atom. The number of nitrogens with two attached hydrogens (primary N) is 1. The van der Waals surface area contributed by atoms with Crippen LogP contribution in [0.25, 0.3) is 0 Å². The molecule has 1 fully saturated rings. The van der Waals surface area contributed by atoms with E-state index in [4.69, 9.17) is 29.4 Å². The van der Waals surface area contributed by atoms with Gasteiger partial charge in [-0.05, 0) is 6.92 Å². The van der Waals surface area contributed by atoms with E-state index in [0.29, 0.717) is 29.6 Å². The summed E-state index contributed by atoms with van der Waals surface area (Å²) in [5.74, 6) is 2.30. The summed E-state index contributed by atoms with van der Waals surface area (Å²) in [6, 6.07) is 3.57. The first-order chi connectivity index (χ1) is 10.1. The Labute approximate surface area is 125 Å². The molecule has 0 heterocycles. The summed E-state index contributed by atoms with van der Waals surface area (Å²) >= 11 is 0. The minimum Gasteiger partial charge on any atom is -0.493 e. The van der Waals surface area contributed by atoms with Gasteiger partial charge in [-0.2, -0.15) is 0 Å². The van der Waals surface area contributed by atoms with Crippen LogP contribution in [-0.2, 0) is 4.74 Å². The zero-order valence-electron chi connectivity index (χ0n) is 12.9. The van der Waals surface area contributed by atoms with Gasteiger partial charge in [0.25, 0.3) is 0 Å². The van der Waals surface area contributed by atoms with E-state index in [2.05, 4.69) is 0 Å². The molecule has 3 unspecified atom stereocenters. The third-order valence-corrected chi connectivity index (χ3v) is 3.58. The molecule has 3 atom stereocenters. The molecule has 1 aromatic rings. The summed E-state index contributed by atoms with van der Waals surface area (Å²) in [4.78, 5) is 0. The van der Waals surface area contributed by atoms with E-state index in [-0.39, 0.29) is 18.2 Å². The molecule has 2 rings (SSSR count). The van der Waals surface area contributed by atoms with Gasteiger partial charge in [-0.15, -0.1) is 0 Å². The fourth-order valence-electron chi connectivity index (χ4n) is 2.45. The van der Waals surface area contributed by atoms with E-state index < -0.39 is 0 Å². The molecule has 1 saturated carbocycles. The molecule has 1 aliphatic carbocycles. The number of ether oxygens (including phenoxy) is 5. The minimum atomic E-state index is -0.0749. The Bertz CT molecular complexity index is 454. The Morgan fingerprint density at radius 3 is 2.14 bits per heavy atom. The third kappa shape index (κ3) is 3.16. The van der Waals surface area contributed by atoms with Crippen molar-refractivity contribution in [2.75, 3.05) is 27.9 Å². The summed E-state index contributed by atoms with van der Waals surface area (Å²) < 4.78 is 27.4. The molecule has 0 saturated heterocycles. The van der Waals surface area contributed by atoms with Crippen LogP contribution in [0.5, 0.6) is 23.0 Å². The SMILES string of the molecule is CCOC1C(N)CC1Oc1cc(OC)c(OC)c(OC)c1. The minimum absolute atomic E-state index is 0.0250. The first kappa shape index (κ1) is 15.7. The number of hydrogen-bond acceptors (Lipinski definition) is 6. The molecule has 1 aliphatic rings. The van der Waals surface area contributed by atoms with Crippen molar-refractivity contribution in [2.45, 2.75) is 31.6 Å². The zero-order chi connectivity index (χ0) is 15.4. The number of methoxy groups -OCH3 is 3. The highest BCUT2D eigenvalue weighted by Gasteiger charge is 2.41. The molecule has 0 amide bonds. The van der Waals surface area contributed by atoms with Crippen molar-refractivity contribution in [3.8, 4) is 23.0 Å². The zero-order valence-corrected chi connectivity index (χ0v) is 12.9. The van der Waals surface area contributed by atoms with E-state index >= 15 is 0 Å². The summed E-state index contributed by atoms with van der Waals surface area (Å²) in [6.45, 7) is 2.56. The van der Waals surface area contributed by atoms with Crippen LogP contribution < -0.4 is 24.7 Å². The third-order valence-electron chi connectivity index (χ3n) is 3.58. The molecule has 0 aromatic heterocycles. The highest BCUT2D eigenvalue weighted by atomic mass is 16.6. The van der Waals surface area contributed by atoms with Gasteiger partial charge in [0.05, 0.1) is 21.3 Å². The molecule has 0 aliphatic heterocycles. The van der Waals surface area contributed by atoms with Crippen LogP contribution in [0.4, 0.5) is 0 Å². The lowest BCUT2D eigenvalue weighted by molar-refractivity contribution is -0.0946. The second-order valence-corrected chi connectivity index (χ2v) is 4.84. The van der Waals surface area contributed by atoms with Crippen molar-refractivity contribution in [3.63, 3.8) is 0 Å². The maximum Gasteiger partial charge on any atom is 0.203 e. The van der Waals surface area contributed by atoms with Gasteiger partial charge in [0.2, 0.25) is 5.75 Å². The second kappa shape index (κ2) is 6.87. The second-order valence-electron chi connectivity index (χ2n) is 4.84. The van der Waals surface area contributed by atoms with Crippen molar-refractivity contribution in [3.05, 3.63) is 12.1 Å². The molecule has 6 heteroatoms. The van der Waals surface area contributed by atoms with E-state index in [9.17, 15) is 0 Å². The van der Waals surface area contributed by atoms with Gasteiger partial charge in [-0.1, -0.05) is 0 Å². The normalized spacial score (nSPS) is 24.1. The van der Waals surface area contributed by atoms with Crippen LogP contribution in [0.2, 0.25) is 0 Å². The summed E-state index contributed by atoms with van der Waals surface area (Å²) in [6.07, 6.45) is 0.637. The molecular formula is C15H23NO5. The molecule has 0 spiro atoms. The van der Waals surface area contributed by atoms with Gasteiger partial charge in [-0.3, -0.25) is 0 Å². The Balaban J connectivity index is 2.17. The predicted octanol–water partition coefficient (Wildman–Crippen LogP) is 1.60. The van der Waals surface area contributed by atoms with Crippen molar-refractivity contribution >= 4 is 0 Å². The van der Waals surface area contributed by atoms with E-state index in [1.54, 1.807) is 33.5 Å². The first-order valence-electron chi connectivity index (χ1n) is 6.98. The average Bonchev–Trinajstić information content (AvgIpc) is 2.51. The molecule has 118 valence electrons. The van der Waals surface area contributed by atoms with Crippen LogP contribution in [0.3, 0.4) is 0 Å². The quantitative estimate of drug-likeness (QED) is 0.824. The molecular weight excluding hydrogens is 274 g/mol. The Hall–Kier alpha value is -1.66. The monoisotopic (exact) mass is 297 g/mol. The maximum atomic E-state index is 5.95. The average molecular weight is 297 g/mol. The van der Waals surface area contributed by atoms with Crippen LogP contribution in [0, 0.1) is 0 Å². The summed E-state index contributed by atoms with van der Waals surface area (Å²) in [5.41, 5.74) is 5.94. The smallest absolute Gasteiger partial charge is 0.203 e. The van der Waals surface area contributed by atoms with Crippen molar-refractivity contribution < 1.29 is 23.7 Å². The van der Waals surface area contributed by atoms with Crippen LogP contribution >= 0.6 is 0 Å². The van der Waals surface area contributed by atoms with E-state index in [1.807, 2.05) is 6.92 Å². The van der Waals surface area contributed by atoms with Gasteiger partial charge >= 0.3 is 0 Å². The van der Waals surface area contributed by atoms with Gasteiger partial charge in [-0.25, -0.2) is 0 Å². The summed E-state index contributed by atoms with van der Waals surface area (Å²) in [7, 11) is 4.71. The fraction of sp³-hybridized carbons (Fsp3) is 0.600. The highest BCUT2D eigenvalue weighted by molar-refractivity contribution is 5.56. The standard InChI is InChI=1S/C15H23NO5/c1-5-20-14-10(16)8-13(14)21-9-6-11(17-2)15(19-4)12(7-9)18-3/h6-7,10,13-14H,5,8,16H2,1-4H3. The molecule has 1 aromatic carbocycles. The lowest BCUT2D eigenvalue weighted by atomic mass is 9.86. The lowest BCUT2D eigenvalue weighted by Gasteiger charge is -2.41. The number of hydrogen-bond donors (Lipinski definition) is 1. The largest absolute Gasteiger partial charge is 0.493 e. The van der Waals surface area contributed by atoms with Crippen LogP contribution in [-0.4, -0.2) is 46.2 Å².